The van der Waals surface area contributed by atoms with Gasteiger partial charge in [0.15, 0.2) is 4.58 Å². The Morgan fingerprint density at radius 1 is 0.885 bits per heavy atom. The first-order valence-electron chi connectivity index (χ1n) is 7.13. The lowest BCUT2D eigenvalue weighted by atomic mass is 10.1. The molecule has 0 heterocycles. The Bertz CT molecular complexity index is 665. The average molecular weight is 436 g/mol. The Morgan fingerprint density at radius 2 is 1.23 bits per heavy atom. The minimum Gasteiger partial charge on any atom is -0.462 e. The zero-order chi connectivity index (χ0) is 21.3. The Hall–Kier alpha value is -1.05. The van der Waals surface area contributed by atoms with E-state index in [9.17, 15) is 48.0 Å². The van der Waals surface area contributed by atoms with E-state index >= 15 is 0 Å². The predicted molar refractivity (Wildman–Crippen MR) is 77.9 cm³/mol. The van der Waals surface area contributed by atoms with Crippen LogP contribution >= 0.6 is 0 Å². The van der Waals surface area contributed by atoms with Crippen molar-refractivity contribution in [2.75, 3.05) is 0 Å². The molecule has 26 heavy (non-hydrogen) atoms. The summed E-state index contributed by atoms with van der Waals surface area (Å²) < 4.78 is 123. The van der Waals surface area contributed by atoms with Crippen molar-refractivity contribution >= 4 is 25.6 Å². The van der Waals surface area contributed by atoms with E-state index < -0.39 is 59.2 Å². The first-order valence-corrected chi connectivity index (χ1v) is 10.2. The Balaban J connectivity index is 6.19. The number of esters is 1. The highest BCUT2D eigenvalue weighted by Crippen LogP contribution is 2.40. The number of alkyl halides is 6. The van der Waals surface area contributed by atoms with Crippen LogP contribution in [0.1, 0.15) is 34.1 Å². The van der Waals surface area contributed by atoms with Crippen LogP contribution < -0.4 is 0 Å². The van der Waals surface area contributed by atoms with E-state index in [1.807, 2.05) is 0 Å². The molecule has 0 aliphatic carbocycles. The molecule has 0 amide bonds. The third-order valence-electron chi connectivity index (χ3n) is 3.74. The summed E-state index contributed by atoms with van der Waals surface area (Å²) in [6.45, 7) is 4.24. The monoisotopic (exact) mass is 436 g/mol. The SMILES string of the molecule is CCC(C)C(=O)OC(C)C(C)C(S(=O)(=O)C(F)(F)F)S(=O)(=O)C(F)(F)F. The number of sulfone groups is 2. The number of hydrogen-bond donors (Lipinski definition) is 0. The van der Waals surface area contributed by atoms with Crippen molar-refractivity contribution in [2.24, 2.45) is 11.8 Å². The molecule has 6 nitrogen and oxygen atoms in total. The average Bonchev–Trinajstić information content (AvgIpc) is 2.43. The molecule has 0 aliphatic rings. The molecule has 0 aliphatic heterocycles. The fraction of sp³-hybridized carbons (Fsp3) is 0.917. The lowest BCUT2D eigenvalue weighted by Crippen LogP contribution is -2.51. The van der Waals surface area contributed by atoms with Crippen molar-refractivity contribution < 1.29 is 52.7 Å². The minimum atomic E-state index is -6.78. The molecule has 0 saturated heterocycles. The van der Waals surface area contributed by atoms with Crippen LogP contribution in [-0.2, 0) is 29.2 Å². The lowest BCUT2D eigenvalue weighted by molar-refractivity contribution is -0.154. The van der Waals surface area contributed by atoms with E-state index in [2.05, 4.69) is 4.74 Å². The molecule has 0 aromatic rings. The van der Waals surface area contributed by atoms with Gasteiger partial charge in [0.2, 0.25) is 0 Å². The Morgan fingerprint density at radius 3 is 1.50 bits per heavy atom. The molecule has 3 unspecified atom stereocenters. The molecular formula is C12H18F6O6S2. The summed E-state index contributed by atoms with van der Waals surface area (Å²) in [5.74, 6) is -4.14. The molecule has 0 spiro atoms. The van der Waals surface area contributed by atoms with Gasteiger partial charge in [0.05, 0.1) is 5.92 Å². The third kappa shape index (κ3) is 5.02. The van der Waals surface area contributed by atoms with Crippen LogP contribution in [0.3, 0.4) is 0 Å². The van der Waals surface area contributed by atoms with Gasteiger partial charge in [-0.25, -0.2) is 16.8 Å². The zero-order valence-corrected chi connectivity index (χ0v) is 15.7. The maximum absolute atomic E-state index is 12.7. The normalized spacial score (nSPS) is 17.7. The standard InChI is InChI=1S/C12H18F6O6S2/c1-5-6(2)9(19)24-8(4)7(3)10(25(20,21)11(13,14)15)26(22,23)12(16,17)18/h6-8,10H,5H2,1-4H3. The van der Waals surface area contributed by atoms with Crippen molar-refractivity contribution in [1.29, 1.82) is 0 Å². The largest absolute Gasteiger partial charge is 0.498 e. The predicted octanol–water partition coefficient (Wildman–Crippen LogP) is 2.80. The fourth-order valence-electron chi connectivity index (χ4n) is 1.79. The smallest absolute Gasteiger partial charge is 0.462 e. The molecular weight excluding hydrogens is 418 g/mol. The van der Waals surface area contributed by atoms with Gasteiger partial charge in [-0.2, -0.15) is 26.3 Å². The highest BCUT2D eigenvalue weighted by atomic mass is 32.3. The lowest BCUT2D eigenvalue weighted by Gasteiger charge is -2.29. The van der Waals surface area contributed by atoms with Gasteiger partial charge in [0.25, 0.3) is 19.7 Å². The second-order valence-electron chi connectivity index (χ2n) is 5.66. The van der Waals surface area contributed by atoms with Crippen LogP contribution in [0.4, 0.5) is 26.3 Å². The van der Waals surface area contributed by atoms with Crippen molar-refractivity contribution in [2.45, 2.75) is 55.8 Å². The highest BCUT2D eigenvalue weighted by molar-refractivity contribution is 8.09. The minimum absolute atomic E-state index is 0.227. The quantitative estimate of drug-likeness (QED) is 0.450. The van der Waals surface area contributed by atoms with E-state index in [-0.39, 0.29) is 6.42 Å². The van der Waals surface area contributed by atoms with E-state index in [4.69, 9.17) is 0 Å². The first kappa shape index (κ1) is 24.9. The summed E-state index contributed by atoms with van der Waals surface area (Å²) in [5.41, 5.74) is -12.5. The van der Waals surface area contributed by atoms with Crippen molar-refractivity contribution in [3.05, 3.63) is 0 Å². The molecule has 0 bridgehead atoms. The molecule has 0 saturated carbocycles. The number of hydrogen-bond acceptors (Lipinski definition) is 6. The van der Waals surface area contributed by atoms with Crippen LogP contribution in [0.15, 0.2) is 0 Å². The molecule has 156 valence electrons. The van der Waals surface area contributed by atoms with Gasteiger partial charge in [-0.15, -0.1) is 0 Å². The van der Waals surface area contributed by atoms with E-state index in [1.54, 1.807) is 6.92 Å². The maximum atomic E-state index is 12.7. The summed E-state index contributed by atoms with van der Waals surface area (Å²) in [4.78, 5) is 11.6. The molecule has 0 fully saturated rings. The number of carbonyl (C=O) groups excluding carboxylic acids is 1. The summed E-state index contributed by atoms with van der Waals surface area (Å²) in [6, 6.07) is 0. The van der Waals surface area contributed by atoms with E-state index in [1.165, 1.54) is 6.92 Å². The van der Waals surface area contributed by atoms with Crippen molar-refractivity contribution in [1.82, 2.24) is 0 Å². The summed E-state index contributed by atoms with van der Waals surface area (Å²) in [7, 11) is -13.6. The second-order valence-corrected chi connectivity index (χ2v) is 10.1. The number of rotatable bonds is 7. The molecule has 0 radical (unpaired) electrons. The van der Waals surface area contributed by atoms with Crippen LogP contribution in [-0.4, -0.2) is 44.5 Å². The number of ether oxygens (including phenoxy) is 1. The number of halogens is 6. The summed E-state index contributed by atoms with van der Waals surface area (Å²) >= 11 is 0. The van der Waals surface area contributed by atoms with Crippen molar-refractivity contribution in [3.8, 4) is 0 Å². The summed E-state index contributed by atoms with van der Waals surface area (Å²) in [6.07, 6.45) is -1.62. The van der Waals surface area contributed by atoms with Gasteiger partial charge < -0.3 is 4.74 Å². The fourth-order valence-corrected chi connectivity index (χ4v) is 5.88. The molecule has 0 aromatic carbocycles. The van der Waals surface area contributed by atoms with E-state index in [0.717, 1.165) is 6.92 Å². The third-order valence-corrected chi connectivity index (χ3v) is 8.64. The van der Waals surface area contributed by atoms with Crippen LogP contribution in [0.5, 0.6) is 0 Å². The second kappa shape index (κ2) is 7.90. The molecule has 0 aromatic heterocycles. The van der Waals surface area contributed by atoms with E-state index in [0.29, 0.717) is 6.92 Å². The Labute approximate surface area is 146 Å². The van der Waals surface area contributed by atoms with Gasteiger partial charge >= 0.3 is 17.0 Å². The van der Waals surface area contributed by atoms with Crippen LogP contribution in [0.25, 0.3) is 0 Å². The van der Waals surface area contributed by atoms with Gasteiger partial charge in [-0.1, -0.05) is 20.8 Å². The van der Waals surface area contributed by atoms with Crippen LogP contribution in [0, 0.1) is 11.8 Å². The van der Waals surface area contributed by atoms with Crippen LogP contribution in [0.2, 0.25) is 0 Å². The Kier molecular flexibility index (Phi) is 7.58. The zero-order valence-electron chi connectivity index (χ0n) is 14.1. The summed E-state index contributed by atoms with van der Waals surface area (Å²) in [5, 5.41) is 0. The van der Waals surface area contributed by atoms with Gasteiger partial charge in [0.1, 0.15) is 6.10 Å². The van der Waals surface area contributed by atoms with Gasteiger partial charge in [0, 0.05) is 5.92 Å². The first-order chi connectivity index (χ1) is 11.3. The van der Waals surface area contributed by atoms with Crippen molar-refractivity contribution in [3.63, 3.8) is 0 Å². The molecule has 3 atom stereocenters. The maximum Gasteiger partial charge on any atom is 0.498 e. The molecule has 0 N–H and O–H groups in total. The molecule has 14 heteroatoms. The topological polar surface area (TPSA) is 94.6 Å². The van der Waals surface area contributed by atoms with Gasteiger partial charge in [-0.05, 0) is 13.3 Å². The highest BCUT2D eigenvalue weighted by Gasteiger charge is 2.65. The number of carbonyl (C=O) groups is 1. The van der Waals surface area contributed by atoms with Gasteiger partial charge in [-0.3, -0.25) is 4.79 Å². The molecule has 0 rings (SSSR count).